The zero-order chi connectivity index (χ0) is 14.9. The van der Waals surface area contributed by atoms with E-state index in [1.165, 1.54) is 0 Å². The van der Waals surface area contributed by atoms with Crippen LogP contribution in [0.15, 0.2) is 26.8 Å². The summed E-state index contributed by atoms with van der Waals surface area (Å²) in [6, 6.07) is 2.30. The van der Waals surface area contributed by atoms with E-state index in [4.69, 9.17) is 4.52 Å². The van der Waals surface area contributed by atoms with E-state index in [1.807, 2.05) is 16.1 Å². The van der Waals surface area contributed by atoms with E-state index in [9.17, 15) is 0 Å². The maximum Gasteiger partial charge on any atom is 0.297 e. The van der Waals surface area contributed by atoms with E-state index in [1.54, 1.807) is 17.7 Å². The average molecular weight is 418 g/mol. The third-order valence-corrected chi connectivity index (χ3v) is 5.25. The van der Waals surface area contributed by atoms with Crippen LogP contribution in [0.4, 0.5) is 0 Å². The van der Waals surface area contributed by atoms with E-state index in [0.717, 1.165) is 35.3 Å². The molecule has 0 saturated carbocycles. The van der Waals surface area contributed by atoms with E-state index in [0.29, 0.717) is 23.6 Å². The molecule has 1 unspecified atom stereocenters. The molecule has 3 aromatic heterocycles. The van der Waals surface area contributed by atoms with Crippen LogP contribution in [0.3, 0.4) is 0 Å². The first-order valence-corrected chi connectivity index (χ1v) is 8.67. The lowest BCUT2D eigenvalue weighted by molar-refractivity contribution is 0.345. The topological polar surface area (TPSA) is 81.7 Å². The molecule has 0 amide bonds. The normalized spacial score (nSPS) is 17.9. The Kier molecular flexibility index (Phi) is 5.10. The van der Waals surface area contributed by atoms with Gasteiger partial charge in [-0.05, 0) is 41.4 Å². The number of rotatable bonds is 3. The van der Waals surface area contributed by atoms with E-state index in [2.05, 4.69) is 41.5 Å². The van der Waals surface area contributed by atoms with Gasteiger partial charge in [0.1, 0.15) is 6.33 Å². The number of nitrogens with zero attached hydrogens (tertiary/aromatic N) is 5. The Labute approximate surface area is 151 Å². The van der Waals surface area contributed by atoms with E-state index in [-0.39, 0.29) is 12.4 Å². The minimum Gasteiger partial charge on any atom is -0.330 e. The third-order valence-electron chi connectivity index (χ3n) is 3.56. The number of aromatic nitrogens is 5. The Morgan fingerprint density at radius 2 is 2.30 bits per heavy atom. The largest absolute Gasteiger partial charge is 0.330 e. The van der Waals surface area contributed by atoms with Gasteiger partial charge in [0.25, 0.3) is 5.89 Å². The van der Waals surface area contributed by atoms with Gasteiger partial charge >= 0.3 is 0 Å². The van der Waals surface area contributed by atoms with Gasteiger partial charge in [-0.3, -0.25) is 0 Å². The number of hydrogen-bond acceptors (Lipinski definition) is 7. The highest BCUT2D eigenvalue weighted by Gasteiger charge is 2.20. The second kappa shape index (κ2) is 7.08. The molecule has 3 aromatic rings. The Bertz CT molecular complexity index is 781. The van der Waals surface area contributed by atoms with Crippen molar-refractivity contribution in [2.45, 2.75) is 18.9 Å². The van der Waals surface area contributed by atoms with E-state index < -0.39 is 0 Å². The van der Waals surface area contributed by atoms with Crippen LogP contribution in [-0.2, 0) is 0 Å². The van der Waals surface area contributed by atoms with Gasteiger partial charge < -0.3 is 9.84 Å². The predicted octanol–water partition coefficient (Wildman–Crippen LogP) is 3.17. The van der Waals surface area contributed by atoms with Crippen LogP contribution >= 0.6 is 39.7 Å². The van der Waals surface area contributed by atoms with E-state index >= 15 is 0 Å². The molecule has 23 heavy (non-hydrogen) atoms. The van der Waals surface area contributed by atoms with Crippen molar-refractivity contribution in [1.29, 1.82) is 0 Å². The SMILES string of the molecule is Brc1csc(-c2noc(-c3ncn(C4CCCNC4)n3)n2)c1.Cl. The minimum atomic E-state index is 0. The summed E-state index contributed by atoms with van der Waals surface area (Å²) in [6.45, 7) is 1.99. The summed E-state index contributed by atoms with van der Waals surface area (Å²) in [7, 11) is 0. The van der Waals surface area contributed by atoms with Crippen molar-refractivity contribution < 1.29 is 4.52 Å². The highest BCUT2D eigenvalue weighted by atomic mass is 79.9. The van der Waals surface area contributed by atoms with Crippen LogP contribution in [0.5, 0.6) is 0 Å². The van der Waals surface area contributed by atoms with Crippen molar-refractivity contribution >= 4 is 39.7 Å². The van der Waals surface area contributed by atoms with Crippen LogP contribution in [-0.4, -0.2) is 38.0 Å². The van der Waals surface area contributed by atoms with Crippen LogP contribution in [0.25, 0.3) is 22.4 Å². The Morgan fingerprint density at radius 3 is 3.04 bits per heavy atom. The zero-order valence-corrected chi connectivity index (χ0v) is 15.2. The number of thiophene rings is 1. The van der Waals surface area contributed by atoms with Crippen LogP contribution in [0.2, 0.25) is 0 Å². The molecule has 0 aromatic carbocycles. The molecule has 0 bridgehead atoms. The first kappa shape index (κ1) is 16.6. The van der Waals surface area contributed by atoms with Crippen molar-refractivity contribution in [2.75, 3.05) is 13.1 Å². The molecule has 1 aliphatic rings. The quantitative estimate of drug-likeness (QED) is 0.705. The Morgan fingerprint density at radius 1 is 1.39 bits per heavy atom. The molecule has 1 N–H and O–H groups in total. The van der Waals surface area contributed by atoms with Crippen LogP contribution < -0.4 is 5.32 Å². The molecule has 10 heteroatoms. The molecule has 1 fully saturated rings. The van der Waals surface area contributed by atoms with Gasteiger partial charge in [-0.15, -0.1) is 28.8 Å². The first-order valence-electron chi connectivity index (χ1n) is 7.00. The minimum absolute atomic E-state index is 0. The molecule has 4 heterocycles. The van der Waals surface area contributed by atoms with Crippen molar-refractivity contribution in [2.24, 2.45) is 0 Å². The Hall–Kier alpha value is -1.29. The molecular formula is C13H14BrClN6OS. The number of hydrogen-bond donors (Lipinski definition) is 1. The number of halogens is 2. The zero-order valence-electron chi connectivity index (χ0n) is 12.0. The van der Waals surface area contributed by atoms with Crippen molar-refractivity contribution in [3.8, 4) is 22.4 Å². The maximum absolute atomic E-state index is 5.29. The monoisotopic (exact) mass is 416 g/mol. The van der Waals surface area contributed by atoms with Gasteiger partial charge in [-0.25, -0.2) is 9.67 Å². The summed E-state index contributed by atoms with van der Waals surface area (Å²) in [5.41, 5.74) is 0. The summed E-state index contributed by atoms with van der Waals surface area (Å²) in [5.74, 6) is 1.38. The highest BCUT2D eigenvalue weighted by Crippen LogP contribution is 2.29. The first-order chi connectivity index (χ1) is 10.8. The summed E-state index contributed by atoms with van der Waals surface area (Å²) in [6.07, 6.45) is 3.99. The lowest BCUT2D eigenvalue weighted by Crippen LogP contribution is -2.31. The lowest BCUT2D eigenvalue weighted by Gasteiger charge is -2.22. The lowest BCUT2D eigenvalue weighted by atomic mass is 10.1. The fraction of sp³-hybridized carbons (Fsp3) is 0.385. The summed E-state index contributed by atoms with van der Waals surface area (Å²) in [5, 5.41) is 13.8. The molecular weight excluding hydrogens is 404 g/mol. The fourth-order valence-corrected chi connectivity index (χ4v) is 3.80. The number of nitrogens with one attached hydrogen (secondary N) is 1. The molecule has 0 aliphatic carbocycles. The van der Waals surface area contributed by atoms with Crippen molar-refractivity contribution in [3.63, 3.8) is 0 Å². The molecule has 4 rings (SSSR count). The van der Waals surface area contributed by atoms with Crippen molar-refractivity contribution in [1.82, 2.24) is 30.2 Å². The summed E-state index contributed by atoms with van der Waals surface area (Å²) < 4.78 is 8.18. The fourth-order valence-electron chi connectivity index (χ4n) is 2.45. The molecule has 0 radical (unpaired) electrons. The second-order valence-corrected chi connectivity index (χ2v) is 6.93. The van der Waals surface area contributed by atoms with Crippen LogP contribution in [0, 0.1) is 0 Å². The standard InChI is InChI=1S/C13H13BrN6OS.ClH/c14-8-4-10(22-6-8)11-17-13(21-19-11)12-16-7-20(18-12)9-2-1-3-15-5-9;/h4,6-7,9,15H,1-3,5H2;1H. The highest BCUT2D eigenvalue weighted by molar-refractivity contribution is 9.10. The number of piperidine rings is 1. The summed E-state index contributed by atoms with van der Waals surface area (Å²) in [4.78, 5) is 9.62. The van der Waals surface area contributed by atoms with Gasteiger partial charge in [0.15, 0.2) is 0 Å². The molecule has 7 nitrogen and oxygen atoms in total. The average Bonchev–Trinajstić information content (AvgIpc) is 3.27. The van der Waals surface area contributed by atoms with Gasteiger partial charge in [0.2, 0.25) is 11.6 Å². The van der Waals surface area contributed by atoms with Crippen molar-refractivity contribution in [3.05, 3.63) is 22.2 Å². The van der Waals surface area contributed by atoms with Gasteiger partial charge in [0.05, 0.1) is 10.9 Å². The summed E-state index contributed by atoms with van der Waals surface area (Å²) >= 11 is 4.97. The maximum atomic E-state index is 5.29. The predicted molar refractivity (Wildman–Crippen MR) is 92.7 cm³/mol. The van der Waals surface area contributed by atoms with Gasteiger partial charge in [-0.1, -0.05) is 5.16 Å². The molecule has 122 valence electrons. The Balaban J connectivity index is 0.00000156. The molecule has 1 atom stereocenters. The van der Waals surface area contributed by atoms with Gasteiger partial charge in [-0.2, -0.15) is 4.98 Å². The molecule has 1 aliphatic heterocycles. The van der Waals surface area contributed by atoms with Crippen LogP contribution in [0.1, 0.15) is 18.9 Å². The molecule has 0 spiro atoms. The third kappa shape index (κ3) is 3.47. The smallest absolute Gasteiger partial charge is 0.297 e. The van der Waals surface area contributed by atoms with Gasteiger partial charge in [0, 0.05) is 16.4 Å². The second-order valence-electron chi connectivity index (χ2n) is 5.10. The molecule has 1 saturated heterocycles.